The molecule has 0 radical (unpaired) electrons. The summed E-state index contributed by atoms with van der Waals surface area (Å²) in [5.74, 6) is -1.42. The van der Waals surface area contributed by atoms with Gasteiger partial charge in [-0.05, 0) is 30.4 Å². The molecule has 0 aromatic carbocycles. The minimum Gasteiger partial charge on any atom is -0.478 e. The predicted octanol–water partition coefficient (Wildman–Crippen LogP) is 2.68. The van der Waals surface area contributed by atoms with Crippen molar-refractivity contribution in [1.82, 2.24) is 4.98 Å². The summed E-state index contributed by atoms with van der Waals surface area (Å²) in [5, 5.41) is 8.72. The fourth-order valence-electron chi connectivity index (χ4n) is 1.51. The van der Waals surface area contributed by atoms with E-state index >= 15 is 0 Å². The van der Waals surface area contributed by atoms with E-state index in [1.165, 1.54) is 0 Å². The smallest absolute Gasteiger partial charge is 0.434 e. The normalized spacial score (nSPS) is 16.2. The maximum Gasteiger partial charge on any atom is 0.434 e. The van der Waals surface area contributed by atoms with Gasteiger partial charge < -0.3 is 5.11 Å². The molecule has 0 aliphatic heterocycles. The zero-order chi connectivity index (χ0) is 11.9. The van der Waals surface area contributed by atoms with Crippen molar-refractivity contribution in [2.24, 2.45) is 0 Å². The van der Waals surface area contributed by atoms with Crippen LogP contribution in [0.5, 0.6) is 0 Å². The van der Waals surface area contributed by atoms with Crippen molar-refractivity contribution >= 4 is 5.97 Å². The molecule has 6 heteroatoms. The molecule has 86 valence electrons. The Morgan fingerprint density at radius 1 is 1.44 bits per heavy atom. The van der Waals surface area contributed by atoms with Crippen molar-refractivity contribution in [2.75, 3.05) is 0 Å². The Morgan fingerprint density at radius 3 is 2.50 bits per heavy atom. The molecule has 1 aromatic heterocycles. The molecule has 3 nitrogen and oxygen atoms in total. The highest BCUT2D eigenvalue weighted by atomic mass is 19.4. The summed E-state index contributed by atoms with van der Waals surface area (Å²) in [6.45, 7) is 0. The topological polar surface area (TPSA) is 50.2 Å². The number of aromatic carboxylic acids is 1. The van der Waals surface area contributed by atoms with E-state index in [1.54, 1.807) is 0 Å². The zero-order valence-electron chi connectivity index (χ0n) is 8.08. The number of hydrogen-bond donors (Lipinski definition) is 1. The number of hydrogen-bond acceptors (Lipinski definition) is 2. The number of nitrogens with zero attached hydrogens (tertiary/aromatic N) is 1. The Hall–Kier alpha value is -1.59. The predicted molar refractivity (Wildman–Crippen MR) is 48.2 cm³/mol. The van der Waals surface area contributed by atoms with Crippen molar-refractivity contribution < 1.29 is 23.1 Å². The number of pyridine rings is 1. The van der Waals surface area contributed by atoms with Crippen molar-refractivity contribution in [2.45, 2.75) is 24.9 Å². The number of halogens is 3. The van der Waals surface area contributed by atoms with Gasteiger partial charge >= 0.3 is 12.1 Å². The lowest BCUT2D eigenvalue weighted by Crippen LogP contribution is -2.15. The second kappa shape index (κ2) is 3.47. The van der Waals surface area contributed by atoms with Crippen LogP contribution in [0.25, 0.3) is 0 Å². The molecule has 0 unspecified atom stereocenters. The quantitative estimate of drug-likeness (QED) is 0.851. The van der Waals surface area contributed by atoms with Crippen LogP contribution in [0.4, 0.5) is 13.2 Å². The van der Waals surface area contributed by atoms with Gasteiger partial charge in [-0.1, -0.05) is 0 Å². The van der Waals surface area contributed by atoms with E-state index in [1.807, 2.05) is 0 Å². The second-order valence-corrected chi connectivity index (χ2v) is 3.74. The van der Waals surface area contributed by atoms with Crippen LogP contribution in [-0.2, 0) is 6.18 Å². The molecule has 1 aliphatic rings. The summed E-state index contributed by atoms with van der Waals surface area (Å²) in [5.41, 5.74) is -1.52. The SMILES string of the molecule is O=C(O)c1cc(C2CC2)cnc1C(F)(F)F. The molecule has 1 N–H and O–H groups in total. The number of carboxylic acid groups (broad SMARTS) is 1. The van der Waals surface area contributed by atoms with Gasteiger partial charge in [-0.3, -0.25) is 4.98 Å². The second-order valence-electron chi connectivity index (χ2n) is 3.74. The summed E-state index contributed by atoms with van der Waals surface area (Å²) < 4.78 is 37.3. The Kier molecular flexibility index (Phi) is 2.36. The first-order valence-corrected chi connectivity index (χ1v) is 4.70. The van der Waals surface area contributed by atoms with Gasteiger partial charge in [-0.2, -0.15) is 13.2 Å². The first kappa shape index (κ1) is 10.9. The van der Waals surface area contributed by atoms with Crippen LogP contribution in [0.3, 0.4) is 0 Å². The van der Waals surface area contributed by atoms with Crippen LogP contribution >= 0.6 is 0 Å². The first-order valence-electron chi connectivity index (χ1n) is 4.70. The maximum atomic E-state index is 12.4. The average Bonchev–Trinajstić information content (AvgIpc) is 2.98. The van der Waals surface area contributed by atoms with E-state index in [4.69, 9.17) is 5.11 Å². The molecule has 1 aromatic rings. The minimum absolute atomic E-state index is 0.174. The standard InChI is InChI=1S/C10H8F3NO2/c11-10(12,13)8-7(9(15)16)3-6(4-14-8)5-1-2-5/h3-5H,1-2H2,(H,15,16). The van der Waals surface area contributed by atoms with Gasteiger partial charge in [0.1, 0.15) is 0 Å². The molecule has 1 heterocycles. The highest BCUT2D eigenvalue weighted by Crippen LogP contribution is 2.41. The Labute approximate surface area is 88.9 Å². The first-order chi connectivity index (χ1) is 7.39. The van der Waals surface area contributed by atoms with Gasteiger partial charge in [0.25, 0.3) is 0 Å². The van der Waals surface area contributed by atoms with E-state index in [2.05, 4.69) is 4.98 Å². The monoisotopic (exact) mass is 231 g/mol. The van der Waals surface area contributed by atoms with Crippen LogP contribution < -0.4 is 0 Å². The number of alkyl halides is 3. The van der Waals surface area contributed by atoms with Gasteiger partial charge in [0.2, 0.25) is 0 Å². The van der Waals surface area contributed by atoms with E-state index < -0.39 is 23.4 Å². The van der Waals surface area contributed by atoms with E-state index in [9.17, 15) is 18.0 Å². The molecule has 2 rings (SSSR count). The third-order valence-electron chi connectivity index (χ3n) is 2.46. The fraction of sp³-hybridized carbons (Fsp3) is 0.400. The molecule has 1 aliphatic carbocycles. The lowest BCUT2D eigenvalue weighted by atomic mass is 10.1. The van der Waals surface area contributed by atoms with Gasteiger partial charge in [-0.15, -0.1) is 0 Å². The summed E-state index contributed by atoms with van der Waals surface area (Å²) >= 11 is 0. The van der Waals surface area contributed by atoms with E-state index in [0.29, 0.717) is 5.56 Å². The lowest BCUT2D eigenvalue weighted by Gasteiger charge is -2.10. The van der Waals surface area contributed by atoms with Crippen LogP contribution in [-0.4, -0.2) is 16.1 Å². The molecular formula is C10H8F3NO2. The van der Waals surface area contributed by atoms with Crippen molar-refractivity contribution in [3.05, 3.63) is 29.1 Å². The van der Waals surface area contributed by atoms with Crippen LogP contribution in [0.15, 0.2) is 12.3 Å². The third-order valence-corrected chi connectivity index (χ3v) is 2.46. The van der Waals surface area contributed by atoms with Crippen LogP contribution in [0.2, 0.25) is 0 Å². The average molecular weight is 231 g/mol. The number of carboxylic acids is 1. The van der Waals surface area contributed by atoms with E-state index in [-0.39, 0.29) is 5.92 Å². The molecule has 0 amide bonds. The molecule has 16 heavy (non-hydrogen) atoms. The van der Waals surface area contributed by atoms with Gasteiger partial charge in [0, 0.05) is 6.20 Å². The Morgan fingerprint density at radius 2 is 2.06 bits per heavy atom. The summed E-state index contributed by atoms with van der Waals surface area (Å²) in [6.07, 6.45) is -1.85. The molecule has 1 fully saturated rings. The number of carbonyl (C=O) groups is 1. The molecule has 1 saturated carbocycles. The third kappa shape index (κ3) is 2.00. The molecule has 0 atom stereocenters. The largest absolute Gasteiger partial charge is 0.478 e. The molecular weight excluding hydrogens is 223 g/mol. The number of aromatic nitrogens is 1. The highest BCUT2D eigenvalue weighted by molar-refractivity contribution is 5.89. The highest BCUT2D eigenvalue weighted by Gasteiger charge is 2.38. The Bertz CT molecular complexity index is 438. The van der Waals surface area contributed by atoms with Gasteiger partial charge in [-0.25, -0.2) is 4.79 Å². The molecule has 0 spiro atoms. The van der Waals surface area contributed by atoms with E-state index in [0.717, 1.165) is 25.1 Å². The van der Waals surface area contributed by atoms with Gasteiger partial charge in [0.05, 0.1) is 5.56 Å². The summed E-state index contributed by atoms with van der Waals surface area (Å²) in [7, 11) is 0. The Balaban J connectivity index is 2.49. The number of rotatable bonds is 2. The lowest BCUT2D eigenvalue weighted by molar-refractivity contribution is -0.141. The molecule has 0 saturated heterocycles. The van der Waals surface area contributed by atoms with Crippen molar-refractivity contribution in [3.8, 4) is 0 Å². The summed E-state index contributed by atoms with van der Waals surface area (Å²) in [6, 6.07) is 1.08. The van der Waals surface area contributed by atoms with Crippen molar-refractivity contribution in [1.29, 1.82) is 0 Å². The van der Waals surface area contributed by atoms with Gasteiger partial charge in [0.15, 0.2) is 5.69 Å². The van der Waals surface area contributed by atoms with Crippen LogP contribution in [0, 0.1) is 0 Å². The molecule has 0 bridgehead atoms. The van der Waals surface area contributed by atoms with Crippen LogP contribution in [0.1, 0.15) is 40.4 Å². The zero-order valence-corrected chi connectivity index (χ0v) is 8.08. The summed E-state index contributed by atoms with van der Waals surface area (Å²) in [4.78, 5) is 14.0. The maximum absolute atomic E-state index is 12.4. The fourth-order valence-corrected chi connectivity index (χ4v) is 1.51. The van der Waals surface area contributed by atoms with Crippen molar-refractivity contribution in [3.63, 3.8) is 0 Å². The minimum atomic E-state index is -4.73.